The molecule has 1 unspecified atom stereocenters. The second kappa shape index (κ2) is 6.15. The summed E-state index contributed by atoms with van der Waals surface area (Å²) in [7, 11) is 0. The van der Waals surface area contributed by atoms with Gasteiger partial charge in [0.05, 0.1) is 23.1 Å². The van der Waals surface area contributed by atoms with Crippen LogP contribution in [0, 0.1) is 0 Å². The van der Waals surface area contributed by atoms with Crippen LogP contribution in [0.4, 0.5) is 5.13 Å². The minimum absolute atomic E-state index is 0.0913. The van der Waals surface area contributed by atoms with Crippen LogP contribution in [0.5, 0.6) is 0 Å². The number of hydrogen-bond donors (Lipinski definition) is 2. The average molecular weight is 304 g/mol. The van der Waals surface area contributed by atoms with Crippen LogP contribution in [-0.2, 0) is 10.4 Å². The molecular formula is C15H16N2O3S. The Labute approximate surface area is 126 Å². The molecular weight excluding hydrogens is 288 g/mol. The number of aromatic nitrogens is 1. The Morgan fingerprint density at radius 3 is 2.57 bits per heavy atom. The highest BCUT2D eigenvalue weighted by molar-refractivity contribution is 7.17. The number of nitrogens with one attached hydrogen (secondary N) is 1. The van der Waals surface area contributed by atoms with E-state index in [1.165, 1.54) is 13.1 Å². The van der Waals surface area contributed by atoms with Gasteiger partial charge >= 0.3 is 0 Å². The van der Waals surface area contributed by atoms with Crippen molar-refractivity contribution in [1.82, 2.24) is 4.98 Å². The summed E-state index contributed by atoms with van der Waals surface area (Å²) in [5.74, 6) is -0.447. The second-order valence-corrected chi connectivity index (χ2v) is 5.98. The van der Waals surface area contributed by atoms with E-state index >= 15 is 0 Å². The molecule has 0 bridgehead atoms. The van der Waals surface area contributed by atoms with Crippen molar-refractivity contribution in [3.63, 3.8) is 0 Å². The van der Waals surface area contributed by atoms with Crippen LogP contribution in [0.3, 0.4) is 0 Å². The highest BCUT2D eigenvalue weighted by Gasteiger charge is 2.26. The Morgan fingerprint density at radius 2 is 2.00 bits per heavy atom. The molecule has 0 aliphatic carbocycles. The van der Waals surface area contributed by atoms with Crippen molar-refractivity contribution < 1.29 is 14.7 Å². The highest BCUT2D eigenvalue weighted by atomic mass is 32.1. The maximum atomic E-state index is 12.0. The van der Waals surface area contributed by atoms with Crippen LogP contribution in [-0.4, -0.2) is 21.8 Å². The van der Waals surface area contributed by atoms with Gasteiger partial charge in [0.25, 0.3) is 0 Å². The monoisotopic (exact) mass is 304 g/mol. The van der Waals surface area contributed by atoms with Crippen LogP contribution in [0.15, 0.2) is 36.5 Å². The molecule has 1 amide bonds. The number of nitrogens with zero attached hydrogens (tertiary/aromatic N) is 1. The number of aliphatic hydroxyl groups is 1. The van der Waals surface area contributed by atoms with Crippen LogP contribution in [0.1, 0.15) is 35.5 Å². The first kappa shape index (κ1) is 15.3. The molecule has 1 atom stereocenters. The first-order valence-electron chi connectivity index (χ1n) is 6.43. The molecule has 0 aliphatic heterocycles. The van der Waals surface area contributed by atoms with Crippen molar-refractivity contribution in [2.75, 3.05) is 5.32 Å². The molecule has 0 aliphatic rings. The van der Waals surface area contributed by atoms with Crippen LogP contribution in [0.25, 0.3) is 0 Å². The summed E-state index contributed by atoms with van der Waals surface area (Å²) in [6.07, 6.45) is 1.34. The number of Topliss-reactive ketones (excluding diaryl/α,β-unsaturated/α-hetero) is 1. The van der Waals surface area contributed by atoms with Crippen molar-refractivity contribution >= 4 is 28.2 Å². The number of hydrogen-bond acceptors (Lipinski definition) is 5. The van der Waals surface area contributed by atoms with Gasteiger partial charge in [0.2, 0.25) is 5.91 Å². The Kier molecular flexibility index (Phi) is 4.50. The second-order valence-electron chi connectivity index (χ2n) is 4.95. The molecule has 1 aromatic carbocycles. The fourth-order valence-corrected chi connectivity index (χ4v) is 2.60. The average Bonchev–Trinajstić information content (AvgIpc) is 2.87. The van der Waals surface area contributed by atoms with Gasteiger partial charge in [0.15, 0.2) is 10.9 Å². The number of thiazole rings is 1. The van der Waals surface area contributed by atoms with E-state index in [0.717, 1.165) is 11.3 Å². The van der Waals surface area contributed by atoms with Gasteiger partial charge in [-0.2, -0.15) is 0 Å². The van der Waals surface area contributed by atoms with E-state index in [1.807, 2.05) is 18.2 Å². The third-order valence-corrected chi connectivity index (χ3v) is 4.01. The lowest BCUT2D eigenvalue weighted by molar-refractivity contribution is -0.120. The standard InChI is InChI=1S/C15H16N2O3S/c1-10(18)12-9-16-14(21-12)17-13(19)8-15(2,20)11-6-4-3-5-7-11/h3-7,9,20H,8H2,1-2H3,(H,16,17,19). The van der Waals surface area contributed by atoms with Gasteiger partial charge < -0.3 is 10.4 Å². The summed E-state index contributed by atoms with van der Waals surface area (Å²) >= 11 is 1.12. The summed E-state index contributed by atoms with van der Waals surface area (Å²) in [6, 6.07) is 9.00. The van der Waals surface area contributed by atoms with E-state index in [2.05, 4.69) is 10.3 Å². The lowest BCUT2D eigenvalue weighted by atomic mass is 9.92. The smallest absolute Gasteiger partial charge is 0.229 e. The number of rotatable bonds is 5. The van der Waals surface area contributed by atoms with E-state index in [9.17, 15) is 14.7 Å². The highest BCUT2D eigenvalue weighted by Crippen LogP contribution is 2.25. The van der Waals surface area contributed by atoms with Gasteiger partial charge in [-0.05, 0) is 12.5 Å². The molecule has 0 saturated carbocycles. The van der Waals surface area contributed by atoms with Crippen LogP contribution >= 0.6 is 11.3 Å². The van der Waals surface area contributed by atoms with Gasteiger partial charge in [0.1, 0.15) is 0 Å². The van der Waals surface area contributed by atoms with Crippen molar-refractivity contribution in [1.29, 1.82) is 0 Å². The zero-order chi connectivity index (χ0) is 15.5. The molecule has 21 heavy (non-hydrogen) atoms. The molecule has 0 radical (unpaired) electrons. The van der Waals surface area contributed by atoms with Crippen LogP contribution < -0.4 is 5.32 Å². The lowest BCUT2D eigenvalue weighted by Crippen LogP contribution is -2.28. The molecule has 5 nitrogen and oxygen atoms in total. The fraction of sp³-hybridized carbons (Fsp3) is 0.267. The first-order valence-corrected chi connectivity index (χ1v) is 7.24. The van der Waals surface area contributed by atoms with E-state index in [4.69, 9.17) is 0 Å². The predicted octanol–water partition coefficient (Wildman–Crippen LogP) is 2.58. The quantitative estimate of drug-likeness (QED) is 0.832. The Morgan fingerprint density at radius 1 is 1.33 bits per heavy atom. The van der Waals surface area contributed by atoms with Crippen LogP contribution in [0.2, 0.25) is 0 Å². The molecule has 6 heteroatoms. The summed E-state index contributed by atoms with van der Waals surface area (Å²) in [5, 5.41) is 13.4. The fourth-order valence-electron chi connectivity index (χ4n) is 1.87. The molecule has 0 fully saturated rings. The number of anilines is 1. The number of amides is 1. The summed E-state index contributed by atoms with van der Waals surface area (Å²) in [6.45, 7) is 3.03. The molecule has 0 saturated heterocycles. The van der Waals surface area contributed by atoms with Crippen molar-refractivity contribution in [3.05, 3.63) is 47.0 Å². The number of benzene rings is 1. The van der Waals surface area contributed by atoms with E-state index in [1.54, 1.807) is 19.1 Å². The zero-order valence-electron chi connectivity index (χ0n) is 11.8. The van der Waals surface area contributed by atoms with E-state index in [-0.39, 0.29) is 18.1 Å². The minimum Gasteiger partial charge on any atom is -0.385 e. The molecule has 2 aromatic rings. The third kappa shape index (κ3) is 3.96. The normalized spacial score (nSPS) is 13.5. The SMILES string of the molecule is CC(=O)c1cnc(NC(=O)CC(C)(O)c2ccccc2)s1. The maximum absolute atomic E-state index is 12.0. The topological polar surface area (TPSA) is 79.3 Å². The molecule has 2 rings (SSSR count). The minimum atomic E-state index is -1.26. The van der Waals surface area contributed by atoms with Crippen molar-refractivity contribution in [2.24, 2.45) is 0 Å². The van der Waals surface area contributed by atoms with Gasteiger partial charge in [-0.15, -0.1) is 0 Å². The molecule has 1 heterocycles. The predicted molar refractivity (Wildman–Crippen MR) is 81.4 cm³/mol. The summed E-state index contributed by atoms with van der Waals surface area (Å²) in [5.41, 5.74) is -0.588. The van der Waals surface area contributed by atoms with E-state index < -0.39 is 5.60 Å². The largest absolute Gasteiger partial charge is 0.385 e. The Bertz CT molecular complexity index is 650. The Balaban J connectivity index is 2.02. The maximum Gasteiger partial charge on any atom is 0.229 e. The van der Waals surface area contributed by atoms with Gasteiger partial charge in [-0.3, -0.25) is 9.59 Å². The van der Waals surface area contributed by atoms with Crippen molar-refractivity contribution in [3.8, 4) is 0 Å². The Hall–Kier alpha value is -2.05. The van der Waals surface area contributed by atoms with Gasteiger partial charge in [-0.1, -0.05) is 41.7 Å². The zero-order valence-corrected chi connectivity index (χ0v) is 12.6. The van der Waals surface area contributed by atoms with Gasteiger partial charge in [-0.25, -0.2) is 4.98 Å². The molecule has 1 aromatic heterocycles. The van der Waals surface area contributed by atoms with Gasteiger partial charge in [0, 0.05) is 6.92 Å². The number of ketones is 1. The van der Waals surface area contributed by atoms with E-state index in [0.29, 0.717) is 15.6 Å². The lowest BCUT2D eigenvalue weighted by Gasteiger charge is -2.22. The number of carbonyl (C=O) groups is 2. The molecule has 110 valence electrons. The van der Waals surface area contributed by atoms with Crippen molar-refractivity contribution in [2.45, 2.75) is 25.9 Å². The summed E-state index contributed by atoms with van der Waals surface area (Å²) in [4.78, 5) is 27.6. The molecule has 0 spiro atoms. The third-order valence-electron chi connectivity index (χ3n) is 3.00. The first-order chi connectivity index (χ1) is 9.88. The summed E-state index contributed by atoms with van der Waals surface area (Å²) < 4.78 is 0. The number of carbonyl (C=O) groups excluding carboxylic acids is 2. The molecule has 2 N–H and O–H groups in total.